The Morgan fingerprint density at radius 3 is 2.66 bits per heavy atom. The minimum atomic E-state index is -0.568. The highest BCUT2D eigenvalue weighted by molar-refractivity contribution is 6.00. The van der Waals surface area contributed by atoms with Crippen LogP contribution in [0.15, 0.2) is 28.9 Å². The number of carbonyl (C=O) groups excluding carboxylic acids is 2. The number of nitrogens with one attached hydrogen (secondary N) is 3. The number of furan rings is 1. The Hall–Kier alpha value is -3.36. The summed E-state index contributed by atoms with van der Waals surface area (Å²) >= 11 is 0. The summed E-state index contributed by atoms with van der Waals surface area (Å²) in [6, 6.07) is 4.14. The fourth-order valence-corrected chi connectivity index (χ4v) is 4.77. The number of fused-ring (bicyclic) bond motifs is 2. The van der Waals surface area contributed by atoms with Crippen molar-refractivity contribution in [2.24, 2.45) is 10.8 Å². The molecule has 0 unspecified atom stereocenters. The lowest BCUT2D eigenvalue weighted by Crippen LogP contribution is -2.51. The number of carbonyl (C=O) groups is 2. The van der Waals surface area contributed by atoms with Crippen LogP contribution >= 0.6 is 0 Å². The minimum absolute atomic E-state index is 0.0109. The van der Waals surface area contributed by atoms with Gasteiger partial charge in [-0.25, -0.2) is 9.18 Å². The average molecular weight is 439 g/mol. The Bertz CT molecular complexity index is 1220. The van der Waals surface area contributed by atoms with E-state index >= 15 is 0 Å². The van der Waals surface area contributed by atoms with Crippen LogP contribution in [0.1, 0.15) is 51.3 Å². The Balaban J connectivity index is 1.31. The molecule has 9 heteroatoms. The van der Waals surface area contributed by atoms with Crippen LogP contribution in [0.2, 0.25) is 0 Å². The summed E-state index contributed by atoms with van der Waals surface area (Å²) in [5.74, 6) is -0.142. The number of H-pyrrole nitrogens is 1. The van der Waals surface area contributed by atoms with E-state index in [-0.39, 0.29) is 30.1 Å². The van der Waals surface area contributed by atoms with Crippen molar-refractivity contribution in [1.82, 2.24) is 15.1 Å². The molecule has 1 fully saturated rings. The predicted molar refractivity (Wildman–Crippen MR) is 117 cm³/mol. The number of rotatable bonds is 3. The van der Waals surface area contributed by atoms with Crippen LogP contribution < -0.4 is 10.6 Å². The van der Waals surface area contributed by atoms with E-state index in [1.54, 1.807) is 12.1 Å². The highest BCUT2D eigenvalue weighted by atomic mass is 19.1. The molecule has 1 saturated carbocycles. The third-order valence-electron chi connectivity index (χ3n) is 7.05. The first kappa shape index (κ1) is 20.5. The molecule has 8 nitrogen and oxygen atoms in total. The molecule has 3 heterocycles. The summed E-state index contributed by atoms with van der Waals surface area (Å²) in [5, 5.41) is 13.5. The number of aromatic nitrogens is 2. The molecule has 2 aromatic heterocycles. The van der Waals surface area contributed by atoms with Gasteiger partial charge in [-0.3, -0.25) is 9.89 Å². The zero-order valence-electron chi connectivity index (χ0n) is 18.3. The maximum atomic E-state index is 14.3. The van der Waals surface area contributed by atoms with Crippen LogP contribution in [-0.2, 0) is 17.9 Å². The van der Waals surface area contributed by atoms with Gasteiger partial charge < -0.3 is 20.0 Å². The second-order valence-corrected chi connectivity index (χ2v) is 9.72. The van der Waals surface area contributed by atoms with Crippen molar-refractivity contribution >= 4 is 34.4 Å². The van der Waals surface area contributed by atoms with Crippen molar-refractivity contribution < 1.29 is 18.4 Å². The summed E-state index contributed by atoms with van der Waals surface area (Å²) < 4.78 is 19.7. The fourth-order valence-electron chi connectivity index (χ4n) is 4.77. The van der Waals surface area contributed by atoms with Gasteiger partial charge in [0.25, 0.3) is 0 Å². The van der Waals surface area contributed by atoms with Gasteiger partial charge in [0, 0.05) is 10.9 Å². The molecule has 0 saturated heterocycles. The standard InChI is InChI=1S/C23H26FN5O3/c1-22(2,3)23(8-4-9-23)20(30)26-19-14-11-29(12-16(14)27-28-19)21(31)25-17-15(24)6-5-13-7-10-32-18(13)17/h5-7,10H,4,8-9,11-12H2,1-3H3,(H,25,31)(H2,26,27,28,30). The number of urea groups is 1. The van der Waals surface area contributed by atoms with E-state index in [0.717, 1.165) is 30.5 Å². The summed E-state index contributed by atoms with van der Waals surface area (Å²) in [5.41, 5.74) is 1.26. The molecule has 0 bridgehead atoms. The third-order valence-corrected chi connectivity index (χ3v) is 7.05. The van der Waals surface area contributed by atoms with Crippen molar-refractivity contribution in [2.45, 2.75) is 53.1 Å². The number of benzene rings is 1. The molecular formula is C23H26FN5O3. The van der Waals surface area contributed by atoms with Crippen LogP contribution in [0.25, 0.3) is 11.0 Å². The van der Waals surface area contributed by atoms with Gasteiger partial charge in [0.2, 0.25) is 5.91 Å². The maximum Gasteiger partial charge on any atom is 0.322 e. The quantitative estimate of drug-likeness (QED) is 0.534. The molecule has 1 aliphatic carbocycles. The molecule has 0 radical (unpaired) electrons. The predicted octanol–water partition coefficient (Wildman–Crippen LogP) is 5.00. The Morgan fingerprint density at radius 1 is 1.19 bits per heavy atom. The van der Waals surface area contributed by atoms with Crippen LogP contribution in [0.5, 0.6) is 0 Å². The summed E-state index contributed by atoms with van der Waals surface area (Å²) in [7, 11) is 0. The van der Waals surface area contributed by atoms with E-state index < -0.39 is 17.3 Å². The van der Waals surface area contributed by atoms with Crippen molar-refractivity contribution in [3.63, 3.8) is 0 Å². The molecule has 168 valence electrons. The van der Waals surface area contributed by atoms with Crippen molar-refractivity contribution in [3.05, 3.63) is 41.5 Å². The van der Waals surface area contributed by atoms with E-state index in [2.05, 4.69) is 41.6 Å². The molecule has 5 rings (SSSR count). The number of amides is 3. The lowest BCUT2D eigenvalue weighted by molar-refractivity contribution is -0.139. The van der Waals surface area contributed by atoms with Crippen molar-refractivity contribution in [2.75, 3.05) is 10.6 Å². The SMILES string of the molecule is CC(C)(C)C1(C(=O)Nc2n[nH]c3c2CN(C(=O)Nc2c(F)ccc4ccoc24)C3)CCC1. The minimum Gasteiger partial charge on any atom is -0.462 e. The smallest absolute Gasteiger partial charge is 0.322 e. The van der Waals surface area contributed by atoms with Gasteiger partial charge in [0.1, 0.15) is 5.69 Å². The molecule has 0 spiro atoms. The van der Waals surface area contributed by atoms with Gasteiger partial charge >= 0.3 is 6.03 Å². The average Bonchev–Trinajstić information content (AvgIpc) is 3.38. The number of aromatic amines is 1. The van der Waals surface area contributed by atoms with E-state index in [9.17, 15) is 14.0 Å². The second kappa shape index (κ2) is 7.08. The number of anilines is 2. The number of hydrogen-bond donors (Lipinski definition) is 3. The van der Waals surface area contributed by atoms with Crippen molar-refractivity contribution in [1.29, 1.82) is 0 Å². The van der Waals surface area contributed by atoms with Gasteiger partial charge in [0.15, 0.2) is 17.2 Å². The van der Waals surface area contributed by atoms with Gasteiger partial charge in [-0.05, 0) is 36.5 Å². The second-order valence-electron chi connectivity index (χ2n) is 9.72. The highest BCUT2D eigenvalue weighted by Gasteiger charge is 2.52. The molecular weight excluding hydrogens is 413 g/mol. The first-order chi connectivity index (χ1) is 15.2. The van der Waals surface area contributed by atoms with E-state index in [1.807, 2.05) is 0 Å². The number of halogens is 1. The summed E-state index contributed by atoms with van der Waals surface area (Å²) in [4.78, 5) is 27.5. The molecule has 1 aliphatic heterocycles. The fraction of sp³-hybridized carbons (Fsp3) is 0.435. The molecule has 3 N–H and O–H groups in total. The Morgan fingerprint density at radius 2 is 1.97 bits per heavy atom. The van der Waals surface area contributed by atoms with Gasteiger partial charge in [-0.2, -0.15) is 5.10 Å². The first-order valence-electron chi connectivity index (χ1n) is 10.8. The number of nitrogens with zero attached hydrogens (tertiary/aromatic N) is 2. The van der Waals surface area contributed by atoms with Crippen molar-refractivity contribution in [3.8, 4) is 0 Å². The van der Waals surface area contributed by atoms with Gasteiger partial charge in [0.05, 0.1) is 30.5 Å². The topological polar surface area (TPSA) is 103 Å². The third kappa shape index (κ3) is 3.06. The lowest BCUT2D eigenvalue weighted by atomic mass is 9.54. The Labute approximate surface area is 184 Å². The molecule has 32 heavy (non-hydrogen) atoms. The van der Waals surface area contributed by atoms with Crippen LogP contribution in [0, 0.1) is 16.6 Å². The van der Waals surface area contributed by atoms with Gasteiger partial charge in [-0.15, -0.1) is 0 Å². The zero-order valence-corrected chi connectivity index (χ0v) is 18.3. The van der Waals surface area contributed by atoms with Crippen LogP contribution in [0.4, 0.5) is 20.7 Å². The molecule has 0 atom stereocenters. The molecule has 3 aromatic rings. The maximum absolute atomic E-state index is 14.3. The highest BCUT2D eigenvalue weighted by Crippen LogP contribution is 2.54. The van der Waals surface area contributed by atoms with Gasteiger partial charge in [-0.1, -0.05) is 27.2 Å². The van der Waals surface area contributed by atoms with E-state index in [0.29, 0.717) is 16.8 Å². The van der Waals surface area contributed by atoms with Crippen LogP contribution in [-0.4, -0.2) is 27.0 Å². The Kier molecular flexibility index (Phi) is 4.54. The first-order valence-corrected chi connectivity index (χ1v) is 10.8. The zero-order chi connectivity index (χ0) is 22.7. The molecule has 3 amide bonds. The van der Waals surface area contributed by atoms with E-state index in [1.165, 1.54) is 17.2 Å². The van der Waals surface area contributed by atoms with Crippen LogP contribution in [0.3, 0.4) is 0 Å². The largest absolute Gasteiger partial charge is 0.462 e. The summed E-state index contributed by atoms with van der Waals surface area (Å²) in [6.07, 6.45) is 4.20. The summed E-state index contributed by atoms with van der Waals surface area (Å²) in [6.45, 7) is 6.80. The molecule has 1 aromatic carbocycles. The lowest BCUT2D eigenvalue weighted by Gasteiger charge is -2.49. The normalized spacial score (nSPS) is 17.2. The monoisotopic (exact) mass is 439 g/mol. The number of hydrogen-bond acceptors (Lipinski definition) is 4. The molecule has 2 aliphatic rings. The van der Waals surface area contributed by atoms with E-state index in [4.69, 9.17) is 4.42 Å².